The minimum atomic E-state index is -3.66. The minimum absolute atomic E-state index is 0.140. The molecule has 2 aromatic rings. The van der Waals surface area contributed by atoms with Gasteiger partial charge >= 0.3 is 0 Å². The normalized spacial score (nSPS) is 11.4. The van der Waals surface area contributed by atoms with Gasteiger partial charge in [0.25, 0.3) is 0 Å². The third-order valence-electron chi connectivity index (χ3n) is 3.41. The Morgan fingerprint density at radius 2 is 1.88 bits per heavy atom. The molecule has 0 unspecified atom stereocenters. The average molecular weight is 367 g/mol. The van der Waals surface area contributed by atoms with Gasteiger partial charge in [-0.2, -0.15) is 0 Å². The van der Waals surface area contributed by atoms with E-state index in [9.17, 15) is 13.2 Å². The lowest BCUT2D eigenvalue weighted by Gasteiger charge is -2.04. The number of hydrogen-bond acceptors (Lipinski definition) is 6. The molecule has 0 aliphatic carbocycles. The first-order chi connectivity index (χ1) is 11.4. The van der Waals surface area contributed by atoms with E-state index < -0.39 is 21.5 Å². The number of benzene rings is 1. The monoisotopic (exact) mass is 367 g/mol. The zero-order valence-corrected chi connectivity index (χ0v) is 15.4. The third kappa shape index (κ3) is 5.38. The van der Waals surface area contributed by atoms with Gasteiger partial charge in [0, 0.05) is 6.42 Å². The van der Waals surface area contributed by atoms with Crippen molar-refractivity contribution in [1.82, 2.24) is 10.2 Å². The second-order valence-electron chi connectivity index (χ2n) is 5.58. The minimum Gasteiger partial charge on any atom is -0.300 e. The van der Waals surface area contributed by atoms with Crippen molar-refractivity contribution >= 4 is 32.2 Å². The molecule has 1 heterocycles. The summed E-state index contributed by atoms with van der Waals surface area (Å²) in [4.78, 5) is 12.1. The summed E-state index contributed by atoms with van der Waals surface area (Å²) in [6.07, 6.45) is 4.10. The van der Waals surface area contributed by atoms with Gasteiger partial charge in [0.1, 0.15) is 10.8 Å². The number of carbonyl (C=O) groups excluding carboxylic acids is 1. The molecule has 24 heavy (non-hydrogen) atoms. The van der Waals surface area contributed by atoms with Crippen LogP contribution in [0.2, 0.25) is 0 Å². The van der Waals surface area contributed by atoms with E-state index in [0.29, 0.717) is 5.13 Å². The van der Waals surface area contributed by atoms with Crippen molar-refractivity contribution in [2.24, 2.45) is 0 Å². The van der Waals surface area contributed by atoms with Crippen LogP contribution in [0.3, 0.4) is 0 Å². The summed E-state index contributed by atoms with van der Waals surface area (Å²) in [7, 11) is -3.66. The van der Waals surface area contributed by atoms with Crippen molar-refractivity contribution < 1.29 is 13.2 Å². The predicted molar refractivity (Wildman–Crippen MR) is 95.0 cm³/mol. The summed E-state index contributed by atoms with van der Waals surface area (Å²) in [6.45, 7) is 4.00. The second kappa shape index (κ2) is 8.34. The molecule has 8 heteroatoms. The van der Waals surface area contributed by atoms with Crippen LogP contribution in [0.25, 0.3) is 0 Å². The number of aryl methyl sites for hydroxylation is 2. The number of nitrogens with one attached hydrogen (secondary N) is 1. The van der Waals surface area contributed by atoms with Gasteiger partial charge in [-0.05, 0) is 25.5 Å². The van der Waals surface area contributed by atoms with E-state index in [0.717, 1.165) is 36.3 Å². The fourth-order valence-electron chi connectivity index (χ4n) is 2.09. The summed E-state index contributed by atoms with van der Waals surface area (Å²) < 4.78 is 24.5. The predicted octanol–water partition coefficient (Wildman–Crippen LogP) is 2.99. The molecule has 0 saturated carbocycles. The van der Waals surface area contributed by atoms with Gasteiger partial charge in [-0.25, -0.2) is 8.42 Å². The molecule has 130 valence electrons. The molecule has 0 atom stereocenters. The molecule has 6 nitrogen and oxygen atoms in total. The average Bonchev–Trinajstić information content (AvgIpc) is 2.94. The number of sulfone groups is 1. The van der Waals surface area contributed by atoms with Crippen LogP contribution in [-0.4, -0.2) is 30.3 Å². The Morgan fingerprint density at radius 1 is 1.17 bits per heavy atom. The van der Waals surface area contributed by atoms with Crippen LogP contribution >= 0.6 is 11.3 Å². The highest BCUT2D eigenvalue weighted by Gasteiger charge is 2.20. The molecule has 1 aromatic carbocycles. The first-order valence-corrected chi connectivity index (χ1v) is 10.3. The smallest absolute Gasteiger partial charge is 0.241 e. The zero-order chi connectivity index (χ0) is 17.6. The maximum absolute atomic E-state index is 12.2. The Bertz CT molecular complexity index is 783. The molecule has 1 N–H and O–H groups in total. The molecule has 0 aliphatic rings. The quantitative estimate of drug-likeness (QED) is 0.725. The van der Waals surface area contributed by atoms with Crippen LogP contribution in [-0.2, 0) is 21.1 Å². The molecule has 1 aromatic heterocycles. The molecule has 0 bridgehead atoms. The first kappa shape index (κ1) is 18.5. The van der Waals surface area contributed by atoms with E-state index in [1.807, 2.05) is 6.92 Å². The highest BCUT2D eigenvalue weighted by molar-refractivity contribution is 7.92. The van der Waals surface area contributed by atoms with E-state index in [4.69, 9.17) is 0 Å². The van der Waals surface area contributed by atoms with Crippen LogP contribution in [0.5, 0.6) is 0 Å². The second-order valence-corrected chi connectivity index (χ2v) is 8.63. The highest BCUT2D eigenvalue weighted by atomic mass is 32.2. The number of carbonyl (C=O) groups is 1. The summed E-state index contributed by atoms with van der Waals surface area (Å²) in [5.41, 5.74) is 0.961. The Kier molecular flexibility index (Phi) is 6.44. The van der Waals surface area contributed by atoms with Gasteiger partial charge in [-0.1, -0.05) is 48.8 Å². The molecule has 0 fully saturated rings. The summed E-state index contributed by atoms with van der Waals surface area (Å²) >= 11 is 1.29. The Hall–Kier alpha value is -1.80. The lowest BCUT2D eigenvalue weighted by atomic mass is 10.2. The lowest BCUT2D eigenvalue weighted by molar-refractivity contribution is -0.113. The van der Waals surface area contributed by atoms with Crippen molar-refractivity contribution in [3.05, 3.63) is 34.8 Å². The van der Waals surface area contributed by atoms with Gasteiger partial charge in [0.15, 0.2) is 9.84 Å². The number of rotatable bonds is 8. The molecule has 0 saturated heterocycles. The number of aromatic nitrogens is 2. The first-order valence-electron chi connectivity index (χ1n) is 7.82. The number of anilines is 1. The standard InChI is InChI=1S/C16H21N3O3S2/c1-3-4-5-6-15-18-19-16(23-15)17-14(20)11-24(21,22)13-9-7-12(2)8-10-13/h7-10H,3-6,11H2,1-2H3,(H,17,19,20). The third-order valence-corrected chi connectivity index (χ3v) is 5.94. The van der Waals surface area contributed by atoms with E-state index in [1.54, 1.807) is 12.1 Å². The van der Waals surface area contributed by atoms with Crippen LogP contribution in [0.4, 0.5) is 5.13 Å². The van der Waals surface area contributed by atoms with Gasteiger partial charge in [-0.15, -0.1) is 10.2 Å². The van der Waals surface area contributed by atoms with Gasteiger partial charge < -0.3 is 0 Å². The van der Waals surface area contributed by atoms with Crippen LogP contribution in [0.15, 0.2) is 29.2 Å². The van der Waals surface area contributed by atoms with Crippen molar-refractivity contribution in [3.8, 4) is 0 Å². The fraction of sp³-hybridized carbons (Fsp3) is 0.438. The molecule has 0 radical (unpaired) electrons. The van der Waals surface area contributed by atoms with E-state index in [-0.39, 0.29) is 4.90 Å². The largest absolute Gasteiger partial charge is 0.300 e. The highest BCUT2D eigenvalue weighted by Crippen LogP contribution is 2.18. The number of amides is 1. The number of hydrogen-bond donors (Lipinski definition) is 1. The molecule has 0 aliphatic heterocycles. The van der Waals surface area contributed by atoms with E-state index in [2.05, 4.69) is 22.4 Å². The number of unbranched alkanes of at least 4 members (excludes halogenated alkanes) is 2. The molecular weight excluding hydrogens is 346 g/mol. The Labute approximate surface area is 146 Å². The van der Waals surface area contributed by atoms with Crippen molar-refractivity contribution in [3.63, 3.8) is 0 Å². The van der Waals surface area contributed by atoms with Crippen molar-refractivity contribution in [1.29, 1.82) is 0 Å². The summed E-state index contributed by atoms with van der Waals surface area (Å²) in [5.74, 6) is -1.22. The van der Waals surface area contributed by atoms with Crippen LogP contribution in [0.1, 0.15) is 36.8 Å². The molecule has 0 spiro atoms. The number of nitrogens with zero attached hydrogens (tertiary/aromatic N) is 2. The molecule has 2 rings (SSSR count). The SMILES string of the molecule is CCCCCc1nnc(NC(=O)CS(=O)(=O)c2ccc(C)cc2)s1. The lowest BCUT2D eigenvalue weighted by Crippen LogP contribution is -2.23. The fourth-order valence-corrected chi connectivity index (χ4v) is 4.02. The summed E-state index contributed by atoms with van der Waals surface area (Å²) in [5, 5.41) is 11.6. The van der Waals surface area contributed by atoms with Crippen molar-refractivity contribution in [2.45, 2.75) is 44.4 Å². The summed E-state index contributed by atoms with van der Waals surface area (Å²) in [6, 6.07) is 6.43. The van der Waals surface area contributed by atoms with Gasteiger partial charge in [-0.3, -0.25) is 10.1 Å². The van der Waals surface area contributed by atoms with Gasteiger partial charge in [0.05, 0.1) is 4.90 Å². The van der Waals surface area contributed by atoms with E-state index in [1.165, 1.54) is 23.5 Å². The Balaban J connectivity index is 1.94. The van der Waals surface area contributed by atoms with E-state index >= 15 is 0 Å². The zero-order valence-electron chi connectivity index (χ0n) is 13.8. The maximum Gasteiger partial charge on any atom is 0.241 e. The Morgan fingerprint density at radius 3 is 2.54 bits per heavy atom. The van der Waals surface area contributed by atoms with Crippen LogP contribution < -0.4 is 5.32 Å². The van der Waals surface area contributed by atoms with Gasteiger partial charge in [0.2, 0.25) is 11.0 Å². The molecular formula is C16H21N3O3S2. The van der Waals surface area contributed by atoms with Crippen LogP contribution in [0, 0.1) is 6.92 Å². The molecule has 1 amide bonds. The van der Waals surface area contributed by atoms with Crippen molar-refractivity contribution in [2.75, 3.05) is 11.1 Å². The maximum atomic E-state index is 12.2. The topological polar surface area (TPSA) is 89.0 Å².